The third kappa shape index (κ3) is 2.45. The molecule has 0 saturated carbocycles. The first-order chi connectivity index (χ1) is 7.65. The van der Waals surface area contributed by atoms with Crippen LogP contribution in [0.15, 0.2) is 18.2 Å². The first-order valence-electron chi connectivity index (χ1n) is 5.54. The molecule has 1 unspecified atom stereocenters. The number of carbonyl (C=O) groups is 1. The second kappa shape index (κ2) is 4.43. The molecular weight excluding hydrogens is 202 g/mol. The van der Waals surface area contributed by atoms with Gasteiger partial charge in [0.25, 0.3) is 0 Å². The predicted octanol–water partition coefficient (Wildman–Crippen LogP) is 1.27. The Bertz CT molecular complexity index is 393. The van der Waals surface area contributed by atoms with Crippen LogP contribution < -0.4 is 16.4 Å². The molecule has 0 aromatic heterocycles. The Labute approximate surface area is 95.2 Å². The molecule has 86 valence electrons. The molecule has 1 aliphatic heterocycles. The van der Waals surface area contributed by atoms with Gasteiger partial charge in [0, 0.05) is 30.4 Å². The minimum absolute atomic E-state index is 0.145. The molecule has 0 spiro atoms. The predicted molar refractivity (Wildman–Crippen MR) is 65.2 cm³/mol. The van der Waals surface area contributed by atoms with Gasteiger partial charge in [-0.25, -0.2) is 0 Å². The van der Waals surface area contributed by atoms with Crippen LogP contribution in [0.1, 0.15) is 18.4 Å². The number of rotatable bonds is 2. The Balaban J connectivity index is 2.01. The van der Waals surface area contributed by atoms with Gasteiger partial charge in [0.15, 0.2) is 0 Å². The van der Waals surface area contributed by atoms with E-state index < -0.39 is 0 Å². The molecule has 0 radical (unpaired) electrons. The standard InChI is InChI=1S/C12H17N3O/c1-8-6-9(13)2-4-11(8)15-10-3-5-12(16)14-7-10/h2,4,6,10,15H,3,5,7,13H2,1H3,(H,14,16). The number of nitrogens with two attached hydrogens (primary N) is 1. The maximum Gasteiger partial charge on any atom is 0.220 e. The number of anilines is 2. The molecule has 4 heteroatoms. The molecule has 1 amide bonds. The third-order valence-electron chi connectivity index (χ3n) is 2.88. The van der Waals surface area contributed by atoms with Crippen LogP contribution in [0.4, 0.5) is 11.4 Å². The van der Waals surface area contributed by atoms with Gasteiger partial charge in [0.1, 0.15) is 0 Å². The highest BCUT2D eigenvalue weighted by Gasteiger charge is 2.17. The van der Waals surface area contributed by atoms with Crippen molar-refractivity contribution in [1.82, 2.24) is 5.32 Å². The smallest absolute Gasteiger partial charge is 0.220 e. The summed E-state index contributed by atoms with van der Waals surface area (Å²) in [6.07, 6.45) is 1.49. The minimum Gasteiger partial charge on any atom is -0.399 e. The van der Waals surface area contributed by atoms with Gasteiger partial charge in [-0.3, -0.25) is 4.79 Å². The fourth-order valence-corrected chi connectivity index (χ4v) is 1.92. The van der Waals surface area contributed by atoms with Gasteiger partial charge in [-0.2, -0.15) is 0 Å². The molecule has 1 aromatic carbocycles. The van der Waals surface area contributed by atoms with E-state index in [0.717, 1.165) is 23.4 Å². The van der Waals surface area contributed by atoms with Gasteiger partial charge in [-0.05, 0) is 37.1 Å². The minimum atomic E-state index is 0.145. The van der Waals surface area contributed by atoms with Crippen molar-refractivity contribution >= 4 is 17.3 Å². The second-order valence-electron chi connectivity index (χ2n) is 4.26. The van der Waals surface area contributed by atoms with E-state index in [4.69, 9.17) is 5.73 Å². The lowest BCUT2D eigenvalue weighted by molar-refractivity contribution is -0.122. The number of nitrogen functional groups attached to an aromatic ring is 1. The largest absolute Gasteiger partial charge is 0.399 e. The van der Waals surface area contributed by atoms with E-state index in [1.807, 2.05) is 25.1 Å². The average molecular weight is 219 g/mol. The number of benzene rings is 1. The molecule has 16 heavy (non-hydrogen) atoms. The van der Waals surface area contributed by atoms with Gasteiger partial charge < -0.3 is 16.4 Å². The second-order valence-corrected chi connectivity index (χ2v) is 4.26. The lowest BCUT2D eigenvalue weighted by Crippen LogP contribution is -2.41. The summed E-state index contributed by atoms with van der Waals surface area (Å²) in [5.74, 6) is 0.145. The summed E-state index contributed by atoms with van der Waals surface area (Å²) in [5, 5.41) is 6.28. The quantitative estimate of drug-likeness (QED) is 0.656. The first kappa shape index (κ1) is 10.8. The van der Waals surface area contributed by atoms with E-state index in [1.165, 1.54) is 0 Å². The molecule has 1 fully saturated rings. The van der Waals surface area contributed by atoms with Crippen molar-refractivity contribution in [3.05, 3.63) is 23.8 Å². The number of aryl methyl sites for hydroxylation is 1. The SMILES string of the molecule is Cc1cc(N)ccc1NC1CCC(=O)NC1. The molecule has 1 aromatic rings. The lowest BCUT2D eigenvalue weighted by Gasteiger charge is -2.25. The summed E-state index contributed by atoms with van der Waals surface area (Å²) < 4.78 is 0. The van der Waals surface area contributed by atoms with Crippen LogP contribution in [-0.2, 0) is 4.79 Å². The van der Waals surface area contributed by atoms with Crippen molar-refractivity contribution in [2.75, 3.05) is 17.6 Å². The Morgan fingerprint density at radius 3 is 2.94 bits per heavy atom. The highest BCUT2D eigenvalue weighted by Crippen LogP contribution is 2.20. The summed E-state index contributed by atoms with van der Waals surface area (Å²) in [7, 11) is 0. The molecule has 0 bridgehead atoms. The molecule has 4 N–H and O–H groups in total. The monoisotopic (exact) mass is 219 g/mol. The van der Waals surface area contributed by atoms with Crippen LogP contribution >= 0.6 is 0 Å². The van der Waals surface area contributed by atoms with E-state index in [9.17, 15) is 4.79 Å². The number of hydrogen-bond donors (Lipinski definition) is 3. The first-order valence-corrected chi connectivity index (χ1v) is 5.54. The lowest BCUT2D eigenvalue weighted by atomic mass is 10.1. The summed E-state index contributed by atoms with van der Waals surface area (Å²) in [5.41, 5.74) is 8.70. The van der Waals surface area contributed by atoms with Crippen LogP contribution in [0.2, 0.25) is 0 Å². The summed E-state index contributed by atoms with van der Waals surface area (Å²) >= 11 is 0. The van der Waals surface area contributed by atoms with Crippen molar-refractivity contribution in [3.8, 4) is 0 Å². The van der Waals surface area contributed by atoms with E-state index in [1.54, 1.807) is 0 Å². The number of nitrogens with one attached hydrogen (secondary N) is 2. The maximum absolute atomic E-state index is 11.0. The van der Waals surface area contributed by atoms with Crippen LogP contribution in [0.3, 0.4) is 0 Å². The molecule has 1 heterocycles. The zero-order valence-electron chi connectivity index (χ0n) is 9.42. The summed E-state index contributed by atoms with van der Waals surface area (Å²) in [6, 6.07) is 6.14. The van der Waals surface area contributed by atoms with Crippen molar-refractivity contribution < 1.29 is 4.79 Å². The Kier molecular flexibility index (Phi) is 2.99. The number of piperidine rings is 1. The Hall–Kier alpha value is -1.71. The molecule has 2 rings (SSSR count). The highest BCUT2D eigenvalue weighted by molar-refractivity contribution is 5.77. The molecule has 1 saturated heterocycles. The van der Waals surface area contributed by atoms with Gasteiger partial charge in [0.2, 0.25) is 5.91 Å². The number of carbonyl (C=O) groups excluding carboxylic acids is 1. The van der Waals surface area contributed by atoms with Gasteiger partial charge in [0.05, 0.1) is 0 Å². The Morgan fingerprint density at radius 2 is 2.31 bits per heavy atom. The fraction of sp³-hybridized carbons (Fsp3) is 0.417. The van der Waals surface area contributed by atoms with Gasteiger partial charge >= 0.3 is 0 Å². The zero-order valence-corrected chi connectivity index (χ0v) is 9.42. The van der Waals surface area contributed by atoms with Gasteiger partial charge in [-0.1, -0.05) is 0 Å². The maximum atomic E-state index is 11.0. The van der Waals surface area contributed by atoms with E-state index >= 15 is 0 Å². The Morgan fingerprint density at radius 1 is 1.50 bits per heavy atom. The number of hydrogen-bond acceptors (Lipinski definition) is 3. The van der Waals surface area contributed by atoms with Crippen molar-refractivity contribution in [2.45, 2.75) is 25.8 Å². The highest BCUT2D eigenvalue weighted by atomic mass is 16.1. The molecule has 1 atom stereocenters. The fourth-order valence-electron chi connectivity index (χ4n) is 1.92. The summed E-state index contributed by atoms with van der Waals surface area (Å²) in [4.78, 5) is 11.0. The summed E-state index contributed by atoms with van der Waals surface area (Å²) in [6.45, 7) is 2.72. The molecule has 1 aliphatic rings. The molecular formula is C12H17N3O. The van der Waals surface area contributed by atoms with Crippen LogP contribution in [0, 0.1) is 6.92 Å². The molecule has 0 aliphatic carbocycles. The third-order valence-corrected chi connectivity index (χ3v) is 2.88. The molecule has 4 nitrogen and oxygen atoms in total. The normalized spacial score (nSPS) is 20.3. The average Bonchev–Trinajstić information content (AvgIpc) is 2.25. The van der Waals surface area contributed by atoms with Crippen LogP contribution in [-0.4, -0.2) is 18.5 Å². The van der Waals surface area contributed by atoms with E-state index in [2.05, 4.69) is 10.6 Å². The zero-order chi connectivity index (χ0) is 11.5. The van der Waals surface area contributed by atoms with Gasteiger partial charge in [-0.15, -0.1) is 0 Å². The van der Waals surface area contributed by atoms with E-state index in [0.29, 0.717) is 19.0 Å². The van der Waals surface area contributed by atoms with Crippen molar-refractivity contribution in [2.24, 2.45) is 0 Å². The topological polar surface area (TPSA) is 67.1 Å². The van der Waals surface area contributed by atoms with Crippen LogP contribution in [0.5, 0.6) is 0 Å². The van der Waals surface area contributed by atoms with Crippen LogP contribution in [0.25, 0.3) is 0 Å². The van der Waals surface area contributed by atoms with E-state index in [-0.39, 0.29) is 5.91 Å². The number of amides is 1. The van der Waals surface area contributed by atoms with Crippen molar-refractivity contribution in [1.29, 1.82) is 0 Å². The van der Waals surface area contributed by atoms with Crippen molar-refractivity contribution in [3.63, 3.8) is 0 Å².